The minimum atomic E-state index is -0.976. The van der Waals surface area contributed by atoms with E-state index >= 15 is 0 Å². The Bertz CT molecular complexity index is 684. The number of carbonyl (C=O) groups excluding carboxylic acids is 2. The van der Waals surface area contributed by atoms with Crippen LogP contribution in [0.15, 0.2) is 42.5 Å². The zero-order valence-electron chi connectivity index (χ0n) is 11.1. The molecule has 1 amide bonds. The number of anilines is 1. The van der Waals surface area contributed by atoms with Crippen LogP contribution < -0.4 is 5.32 Å². The van der Waals surface area contributed by atoms with Gasteiger partial charge in [-0.2, -0.15) is 0 Å². The molecule has 0 saturated carbocycles. The van der Waals surface area contributed by atoms with Crippen molar-refractivity contribution >= 4 is 40.2 Å². The van der Waals surface area contributed by atoms with Gasteiger partial charge in [0.1, 0.15) is 11.6 Å². The number of esters is 1. The average molecular weight is 417 g/mol. The van der Waals surface area contributed by atoms with Crippen molar-refractivity contribution in [1.82, 2.24) is 0 Å². The van der Waals surface area contributed by atoms with E-state index in [9.17, 15) is 18.4 Å². The number of hydrogen-bond acceptors (Lipinski definition) is 3. The first-order valence-electron chi connectivity index (χ1n) is 6.12. The van der Waals surface area contributed by atoms with Crippen molar-refractivity contribution in [3.05, 3.63) is 63.2 Å². The first kappa shape index (κ1) is 16.3. The third-order valence-electron chi connectivity index (χ3n) is 2.56. The van der Waals surface area contributed by atoms with Crippen molar-refractivity contribution in [2.75, 3.05) is 11.9 Å². The molecule has 4 nitrogen and oxygen atoms in total. The smallest absolute Gasteiger partial charge is 0.338 e. The van der Waals surface area contributed by atoms with Crippen molar-refractivity contribution in [2.24, 2.45) is 0 Å². The normalized spacial score (nSPS) is 10.1. The molecule has 0 heterocycles. The number of nitrogens with one attached hydrogen (secondary N) is 1. The van der Waals surface area contributed by atoms with E-state index in [0.717, 1.165) is 15.7 Å². The molecule has 0 aliphatic rings. The van der Waals surface area contributed by atoms with Crippen molar-refractivity contribution in [1.29, 1.82) is 0 Å². The molecule has 1 N–H and O–H groups in total. The van der Waals surface area contributed by atoms with Crippen LogP contribution in [-0.4, -0.2) is 18.5 Å². The molecular formula is C15H10F2INO3. The maximum atomic E-state index is 13.0. The van der Waals surface area contributed by atoms with Gasteiger partial charge in [0.2, 0.25) is 0 Å². The van der Waals surface area contributed by atoms with E-state index in [1.165, 1.54) is 0 Å². The highest BCUT2D eigenvalue weighted by Gasteiger charge is 2.12. The summed E-state index contributed by atoms with van der Waals surface area (Å²) in [6.07, 6.45) is 0. The molecule has 2 aromatic carbocycles. The van der Waals surface area contributed by atoms with Gasteiger partial charge in [0.05, 0.1) is 5.56 Å². The zero-order valence-corrected chi connectivity index (χ0v) is 13.3. The lowest BCUT2D eigenvalue weighted by Crippen LogP contribution is -2.21. The monoisotopic (exact) mass is 417 g/mol. The van der Waals surface area contributed by atoms with Crippen LogP contribution in [0.2, 0.25) is 0 Å². The number of hydrogen-bond donors (Lipinski definition) is 1. The molecule has 0 saturated heterocycles. The fourth-order valence-corrected chi connectivity index (χ4v) is 1.98. The first-order valence-corrected chi connectivity index (χ1v) is 7.20. The fourth-order valence-electron chi connectivity index (χ4n) is 1.62. The number of benzene rings is 2. The lowest BCUT2D eigenvalue weighted by Gasteiger charge is -2.07. The Morgan fingerprint density at radius 2 is 1.64 bits per heavy atom. The number of ether oxygens (including phenoxy) is 1. The van der Waals surface area contributed by atoms with Gasteiger partial charge in [0.25, 0.3) is 5.91 Å². The lowest BCUT2D eigenvalue weighted by molar-refractivity contribution is -0.119. The standard InChI is InChI=1S/C15H10F2INO3/c16-10-5-9(6-11(17)7-10)15(21)22-8-14(20)19-13-3-1-12(18)2-4-13/h1-7H,8H2,(H,19,20). The average Bonchev–Trinajstić information content (AvgIpc) is 2.46. The highest BCUT2D eigenvalue weighted by Crippen LogP contribution is 2.12. The van der Waals surface area contributed by atoms with Gasteiger partial charge in [-0.3, -0.25) is 4.79 Å². The minimum Gasteiger partial charge on any atom is -0.452 e. The molecule has 0 atom stereocenters. The molecule has 2 aromatic rings. The Morgan fingerprint density at radius 1 is 1.05 bits per heavy atom. The Balaban J connectivity index is 1.90. The van der Waals surface area contributed by atoms with E-state index in [0.29, 0.717) is 11.8 Å². The molecule has 0 radical (unpaired) electrons. The van der Waals surface area contributed by atoms with Crippen LogP contribution in [0.5, 0.6) is 0 Å². The van der Waals surface area contributed by atoms with Gasteiger partial charge >= 0.3 is 5.97 Å². The van der Waals surface area contributed by atoms with Gasteiger partial charge in [0.15, 0.2) is 6.61 Å². The fraction of sp³-hybridized carbons (Fsp3) is 0.0667. The molecule has 0 aliphatic carbocycles. The Kier molecular flexibility index (Phi) is 5.42. The molecule has 7 heteroatoms. The van der Waals surface area contributed by atoms with Crippen LogP contribution >= 0.6 is 22.6 Å². The van der Waals surface area contributed by atoms with Crippen LogP contribution in [0.4, 0.5) is 14.5 Å². The lowest BCUT2D eigenvalue weighted by atomic mass is 10.2. The van der Waals surface area contributed by atoms with E-state index in [4.69, 9.17) is 4.74 Å². The van der Waals surface area contributed by atoms with E-state index < -0.39 is 30.1 Å². The second-order valence-electron chi connectivity index (χ2n) is 4.29. The summed E-state index contributed by atoms with van der Waals surface area (Å²) >= 11 is 2.12. The van der Waals surface area contributed by atoms with Crippen LogP contribution in [0, 0.1) is 15.2 Å². The van der Waals surface area contributed by atoms with Crippen molar-refractivity contribution in [3.63, 3.8) is 0 Å². The second-order valence-corrected chi connectivity index (χ2v) is 5.53. The third kappa shape index (κ3) is 4.76. The van der Waals surface area contributed by atoms with Gasteiger partial charge in [-0.15, -0.1) is 0 Å². The summed E-state index contributed by atoms with van der Waals surface area (Å²) in [7, 11) is 0. The van der Waals surface area contributed by atoms with E-state index in [-0.39, 0.29) is 5.56 Å². The number of amides is 1. The van der Waals surface area contributed by atoms with Crippen LogP contribution in [0.3, 0.4) is 0 Å². The largest absolute Gasteiger partial charge is 0.452 e. The van der Waals surface area contributed by atoms with Gasteiger partial charge in [-0.05, 0) is 59.0 Å². The topological polar surface area (TPSA) is 55.4 Å². The summed E-state index contributed by atoms with van der Waals surface area (Å²) in [5.74, 6) is -3.31. The summed E-state index contributed by atoms with van der Waals surface area (Å²) in [5, 5.41) is 2.53. The summed E-state index contributed by atoms with van der Waals surface area (Å²) in [6.45, 7) is -0.553. The maximum Gasteiger partial charge on any atom is 0.338 e. The molecule has 0 fully saturated rings. The van der Waals surface area contributed by atoms with E-state index in [1.54, 1.807) is 24.3 Å². The Hall–Kier alpha value is -2.03. The molecule has 0 bridgehead atoms. The molecule has 2 rings (SSSR count). The third-order valence-corrected chi connectivity index (χ3v) is 3.28. The van der Waals surface area contributed by atoms with Crippen LogP contribution in [0.1, 0.15) is 10.4 Å². The molecule has 0 aromatic heterocycles. The zero-order chi connectivity index (χ0) is 16.1. The quantitative estimate of drug-likeness (QED) is 0.614. The molecule has 0 spiro atoms. The number of carbonyl (C=O) groups is 2. The summed E-state index contributed by atoms with van der Waals surface area (Å²) in [5.41, 5.74) is 0.262. The van der Waals surface area contributed by atoms with Gasteiger partial charge < -0.3 is 10.1 Å². The molecule has 0 aliphatic heterocycles. The second kappa shape index (κ2) is 7.30. The molecule has 0 unspecified atom stereocenters. The summed E-state index contributed by atoms with van der Waals surface area (Å²) in [4.78, 5) is 23.2. The van der Waals surface area contributed by atoms with Crippen molar-refractivity contribution in [2.45, 2.75) is 0 Å². The summed E-state index contributed by atoms with van der Waals surface area (Å²) < 4.78 is 31.7. The predicted octanol–water partition coefficient (Wildman–Crippen LogP) is 3.36. The molecular weight excluding hydrogens is 407 g/mol. The Morgan fingerprint density at radius 3 is 2.23 bits per heavy atom. The first-order chi connectivity index (χ1) is 10.4. The maximum absolute atomic E-state index is 13.0. The van der Waals surface area contributed by atoms with E-state index in [2.05, 4.69) is 27.9 Å². The predicted molar refractivity (Wildman–Crippen MR) is 84.4 cm³/mol. The van der Waals surface area contributed by atoms with Crippen molar-refractivity contribution in [3.8, 4) is 0 Å². The highest BCUT2D eigenvalue weighted by molar-refractivity contribution is 14.1. The van der Waals surface area contributed by atoms with Gasteiger partial charge in [-0.1, -0.05) is 0 Å². The SMILES string of the molecule is O=C(COC(=O)c1cc(F)cc(F)c1)Nc1ccc(I)cc1. The van der Waals surface area contributed by atoms with Crippen LogP contribution in [-0.2, 0) is 9.53 Å². The Labute approximate surface area is 138 Å². The molecule has 114 valence electrons. The van der Waals surface area contributed by atoms with Gasteiger partial charge in [-0.25, -0.2) is 13.6 Å². The summed E-state index contributed by atoms with van der Waals surface area (Å²) in [6, 6.07) is 9.31. The van der Waals surface area contributed by atoms with Crippen LogP contribution in [0.25, 0.3) is 0 Å². The number of rotatable bonds is 4. The van der Waals surface area contributed by atoms with Gasteiger partial charge in [0, 0.05) is 15.3 Å². The van der Waals surface area contributed by atoms with Crippen molar-refractivity contribution < 1.29 is 23.1 Å². The number of halogens is 3. The highest BCUT2D eigenvalue weighted by atomic mass is 127. The molecule has 22 heavy (non-hydrogen) atoms. The minimum absolute atomic E-state index is 0.292. The van der Waals surface area contributed by atoms with E-state index in [1.807, 2.05) is 0 Å².